The van der Waals surface area contributed by atoms with Crippen molar-refractivity contribution in [3.63, 3.8) is 0 Å². The zero-order valence-corrected chi connectivity index (χ0v) is 26.5. The highest BCUT2D eigenvalue weighted by molar-refractivity contribution is 5.95. The number of fused-ring (bicyclic) bond motifs is 2. The summed E-state index contributed by atoms with van der Waals surface area (Å²) in [6.07, 6.45) is 7.86. The summed E-state index contributed by atoms with van der Waals surface area (Å²) in [7, 11) is 0. The van der Waals surface area contributed by atoms with Crippen molar-refractivity contribution in [1.82, 2.24) is 15.1 Å². The third-order valence-corrected chi connectivity index (χ3v) is 10.2. The summed E-state index contributed by atoms with van der Waals surface area (Å²) in [4.78, 5) is 58.0. The monoisotopic (exact) mass is 629 g/mol. The molecule has 1 N–H and O–H groups in total. The molecular weight excluding hydrogens is 580 g/mol. The van der Waals surface area contributed by atoms with Crippen molar-refractivity contribution in [2.75, 3.05) is 32.8 Å². The molecular formula is C35H49F2N3O5. The molecule has 1 aliphatic carbocycles. The van der Waals surface area contributed by atoms with Crippen molar-refractivity contribution in [3.8, 4) is 5.75 Å². The first-order chi connectivity index (χ1) is 21.7. The Morgan fingerprint density at radius 3 is 2.44 bits per heavy atom. The Labute approximate surface area is 265 Å². The van der Waals surface area contributed by atoms with Gasteiger partial charge in [-0.25, -0.2) is 8.78 Å². The first-order valence-electron chi connectivity index (χ1n) is 17.1. The number of amides is 2. The summed E-state index contributed by atoms with van der Waals surface area (Å²) in [5, 5.41) is 3.04. The maximum atomic E-state index is 14.1. The second-order valence-electron chi connectivity index (χ2n) is 13.6. The molecule has 8 nitrogen and oxygen atoms in total. The van der Waals surface area contributed by atoms with Crippen LogP contribution in [0.1, 0.15) is 95.5 Å². The van der Waals surface area contributed by atoms with Gasteiger partial charge in [0.05, 0.1) is 18.7 Å². The Hall–Kier alpha value is -2.88. The Morgan fingerprint density at radius 2 is 1.71 bits per heavy atom. The molecule has 248 valence electrons. The lowest BCUT2D eigenvalue weighted by molar-refractivity contribution is -0.138. The summed E-state index contributed by atoms with van der Waals surface area (Å²) >= 11 is 0. The van der Waals surface area contributed by atoms with E-state index in [0.29, 0.717) is 76.3 Å². The number of nitrogens with zero attached hydrogens (tertiary/aromatic N) is 2. The van der Waals surface area contributed by atoms with Crippen LogP contribution >= 0.6 is 0 Å². The Kier molecular flexibility index (Phi) is 11.6. The number of carbonyl (C=O) groups excluding carboxylic acids is 4. The lowest BCUT2D eigenvalue weighted by Gasteiger charge is -2.33. The van der Waals surface area contributed by atoms with Crippen LogP contribution < -0.4 is 10.1 Å². The van der Waals surface area contributed by atoms with E-state index in [9.17, 15) is 28.0 Å². The number of hydrogen-bond acceptors (Lipinski definition) is 6. The van der Waals surface area contributed by atoms with E-state index in [1.165, 1.54) is 0 Å². The van der Waals surface area contributed by atoms with Crippen molar-refractivity contribution in [1.29, 1.82) is 0 Å². The number of Topliss-reactive ketones (excluding diaryl/α,β-unsaturated/α-hetero) is 2. The van der Waals surface area contributed by atoms with E-state index in [4.69, 9.17) is 4.74 Å². The van der Waals surface area contributed by atoms with Crippen molar-refractivity contribution < 1.29 is 32.7 Å². The van der Waals surface area contributed by atoms with E-state index in [-0.39, 0.29) is 55.7 Å². The summed E-state index contributed by atoms with van der Waals surface area (Å²) < 4.78 is 33.6. The van der Waals surface area contributed by atoms with Gasteiger partial charge < -0.3 is 19.9 Å². The second kappa shape index (κ2) is 15.6. The van der Waals surface area contributed by atoms with Crippen LogP contribution in [0.25, 0.3) is 0 Å². The fourth-order valence-electron chi connectivity index (χ4n) is 7.41. The number of rotatable bonds is 7. The van der Waals surface area contributed by atoms with Crippen molar-refractivity contribution in [2.45, 2.75) is 114 Å². The zero-order valence-electron chi connectivity index (χ0n) is 26.5. The maximum absolute atomic E-state index is 14.1. The molecule has 2 saturated heterocycles. The summed E-state index contributed by atoms with van der Waals surface area (Å²) in [5.41, 5.74) is 0.880. The molecule has 0 unspecified atom stereocenters. The van der Waals surface area contributed by atoms with Gasteiger partial charge in [-0.3, -0.25) is 19.2 Å². The van der Waals surface area contributed by atoms with Crippen LogP contribution in [0.2, 0.25) is 0 Å². The van der Waals surface area contributed by atoms with Crippen LogP contribution in [-0.2, 0) is 25.6 Å². The normalized spacial score (nSPS) is 27.7. The zero-order chi connectivity index (χ0) is 31.8. The number of piperidine rings is 1. The molecule has 10 heteroatoms. The molecule has 3 heterocycles. The van der Waals surface area contributed by atoms with E-state index in [1.807, 2.05) is 29.2 Å². The first kappa shape index (κ1) is 33.5. The van der Waals surface area contributed by atoms with Gasteiger partial charge in [-0.05, 0) is 62.3 Å². The number of halogens is 2. The molecule has 1 saturated carbocycles. The number of ether oxygens (including phenoxy) is 1. The van der Waals surface area contributed by atoms with Gasteiger partial charge in [0.1, 0.15) is 5.75 Å². The van der Waals surface area contributed by atoms with Crippen LogP contribution in [0, 0.1) is 11.8 Å². The molecule has 0 radical (unpaired) electrons. The molecule has 2 bridgehead atoms. The Balaban J connectivity index is 1.38. The third-order valence-electron chi connectivity index (χ3n) is 10.2. The molecule has 45 heavy (non-hydrogen) atoms. The minimum absolute atomic E-state index is 0.0360. The van der Waals surface area contributed by atoms with Crippen LogP contribution in [0.5, 0.6) is 5.75 Å². The molecule has 1 aromatic rings. The molecule has 3 atom stereocenters. The quantitative estimate of drug-likeness (QED) is 0.450. The Bertz CT molecular complexity index is 1190. The molecule has 5 rings (SSSR count). The topological polar surface area (TPSA) is 96.0 Å². The molecule has 1 aromatic carbocycles. The number of benzene rings is 1. The van der Waals surface area contributed by atoms with Crippen LogP contribution in [0.15, 0.2) is 24.3 Å². The van der Waals surface area contributed by atoms with Crippen molar-refractivity contribution in [3.05, 3.63) is 29.8 Å². The molecule has 3 fully saturated rings. The predicted octanol–water partition coefficient (Wildman–Crippen LogP) is 5.11. The van der Waals surface area contributed by atoms with Gasteiger partial charge in [-0.1, -0.05) is 37.8 Å². The number of nitrogens with one attached hydrogen (secondary N) is 1. The molecule has 2 amide bonds. The van der Waals surface area contributed by atoms with E-state index >= 15 is 0 Å². The van der Waals surface area contributed by atoms with Crippen LogP contribution in [0.4, 0.5) is 8.78 Å². The largest absolute Gasteiger partial charge is 0.494 e. The average Bonchev–Trinajstić information content (AvgIpc) is 3.69. The van der Waals surface area contributed by atoms with Gasteiger partial charge in [-0.15, -0.1) is 0 Å². The summed E-state index contributed by atoms with van der Waals surface area (Å²) in [6, 6.07) is 6.25. The fraction of sp³-hybridized carbons (Fsp3) is 0.714. The molecule has 3 aliphatic heterocycles. The smallest absolute Gasteiger partial charge is 0.250 e. The van der Waals surface area contributed by atoms with Gasteiger partial charge in [0.25, 0.3) is 5.92 Å². The van der Waals surface area contributed by atoms with Gasteiger partial charge in [0, 0.05) is 64.1 Å². The lowest BCUT2D eigenvalue weighted by Crippen LogP contribution is -2.48. The summed E-state index contributed by atoms with van der Waals surface area (Å²) in [6.45, 7) is 1.84. The average molecular weight is 630 g/mol. The number of alkyl halides is 2. The molecule has 4 aliphatic rings. The lowest BCUT2D eigenvalue weighted by atomic mass is 9.89. The van der Waals surface area contributed by atoms with E-state index < -0.39 is 23.9 Å². The van der Waals surface area contributed by atoms with Gasteiger partial charge >= 0.3 is 0 Å². The van der Waals surface area contributed by atoms with E-state index in [2.05, 4.69) is 5.32 Å². The van der Waals surface area contributed by atoms with E-state index in [0.717, 1.165) is 37.7 Å². The van der Waals surface area contributed by atoms with Gasteiger partial charge in [0.15, 0.2) is 11.6 Å². The predicted molar refractivity (Wildman–Crippen MR) is 166 cm³/mol. The number of carbonyl (C=O) groups is 4. The second-order valence-corrected chi connectivity index (χ2v) is 13.6. The molecule has 0 spiro atoms. The number of likely N-dealkylation sites (tertiary alicyclic amines) is 2. The Morgan fingerprint density at radius 1 is 0.956 bits per heavy atom. The van der Waals surface area contributed by atoms with E-state index in [1.54, 1.807) is 4.90 Å². The fourth-order valence-corrected chi connectivity index (χ4v) is 7.41. The minimum Gasteiger partial charge on any atom is -0.494 e. The van der Waals surface area contributed by atoms with Crippen molar-refractivity contribution in [2.24, 2.45) is 11.8 Å². The highest BCUT2D eigenvalue weighted by Gasteiger charge is 2.38. The van der Waals surface area contributed by atoms with Crippen molar-refractivity contribution >= 4 is 23.4 Å². The molecule has 0 aromatic heterocycles. The third kappa shape index (κ3) is 9.56. The van der Waals surface area contributed by atoms with Gasteiger partial charge in [0.2, 0.25) is 11.8 Å². The highest BCUT2D eigenvalue weighted by atomic mass is 19.3. The SMILES string of the molecule is O=C1N[C@H](C(=O)CC2CCCC2)CCCCOc2cccc(c2)C[C@H](N2CCCC2=O)C(=O)C[C@H]1CCN1CCC(F)(F)CC1. The maximum Gasteiger partial charge on any atom is 0.250 e. The summed E-state index contributed by atoms with van der Waals surface area (Å²) in [5.74, 6) is -2.92. The number of hydrogen-bond donors (Lipinski definition) is 1. The first-order valence-corrected chi connectivity index (χ1v) is 17.1. The van der Waals surface area contributed by atoms with Crippen LogP contribution in [0.3, 0.4) is 0 Å². The minimum atomic E-state index is -2.67. The standard InChI is InChI=1S/C35H49F2N3O5/c36-35(37)14-18-39(19-15-35)17-13-27-24-32(42)30(40-16-6-12-33(40)43)22-26-9-5-10-28(21-26)45-20-4-3-11-29(38-34(27)44)31(41)23-25-7-1-2-8-25/h5,9-10,21,25,27,29-30H,1-4,6-8,11-20,22-24H2,(H,38,44)/t27-,29+,30+/m1/s1. The van der Waals surface area contributed by atoms with Gasteiger partial charge in [-0.2, -0.15) is 0 Å². The highest BCUT2D eigenvalue weighted by Crippen LogP contribution is 2.30. The van der Waals surface area contributed by atoms with Crippen LogP contribution in [-0.4, -0.2) is 84.0 Å². The number of ketones is 2.